The van der Waals surface area contributed by atoms with Gasteiger partial charge < -0.3 is 15.1 Å². The number of amides is 1. The number of carbonyl (C=O) groups excluding carboxylic acids is 1. The number of hydrogen-bond donors (Lipinski definition) is 1. The van der Waals surface area contributed by atoms with Crippen molar-refractivity contribution >= 4 is 28.8 Å². The van der Waals surface area contributed by atoms with Crippen LogP contribution in [0.25, 0.3) is 0 Å². The van der Waals surface area contributed by atoms with Crippen molar-refractivity contribution in [1.82, 2.24) is 10.2 Å². The summed E-state index contributed by atoms with van der Waals surface area (Å²) >= 11 is 0. The maximum Gasteiger partial charge on any atom is 0.279 e. The van der Waals surface area contributed by atoms with E-state index in [1.807, 2.05) is 23.1 Å². The van der Waals surface area contributed by atoms with Crippen LogP contribution in [0.5, 0.6) is 0 Å². The van der Waals surface area contributed by atoms with E-state index in [2.05, 4.69) is 57.7 Å². The number of anilines is 4. The summed E-state index contributed by atoms with van der Waals surface area (Å²) in [6.07, 6.45) is 3.40. The van der Waals surface area contributed by atoms with E-state index in [1.54, 1.807) is 12.1 Å². The summed E-state index contributed by atoms with van der Waals surface area (Å²) in [7, 11) is 0. The lowest BCUT2D eigenvalue weighted by Gasteiger charge is -2.22. The van der Waals surface area contributed by atoms with Gasteiger partial charge in [-0.3, -0.25) is 4.79 Å². The van der Waals surface area contributed by atoms with E-state index in [-0.39, 0.29) is 11.9 Å². The van der Waals surface area contributed by atoms with Crippen molar-refractivity contribution in [2.45, 2.75) is 32.2 Å². The van der Waals surface area contributed by atoms with Crippen LogP contribution in [-0.2, 0) is 6.42 Å². The van der Waals surface area contributed by atoms with Gasteiger partial charge >= 0.3 is 0 Å². The molecule has 1 fully saturated rings. The van der Waals surface area contributed by atoms with Gasteiger partial charge in [-0.2, -0.15) is 0 Å². The molecular weight excluding hydrogens is 374 g/mol. The molecule has 0 aliphatic carbocycles. The molecule has 1 aromatic heterocycles. The molecule has 2 aliphatic rings. The predicted molar refractivity (Wildman–Crippen MR) is 120 cm³/mol. The Morgan fingerprint density at radius 2 is 1.73 bits per heavy atom. The van der Waals surface area contributed by atoms with E-state index in [4.69, 9.17) is 0 Å². The van der Waals surface area contributed by atoms with E-state index in [0.717, 1.165) is 30.9 Å². The first-order chi connectivity index (χ1) is 14.7. The third kappa shape index (κ3) is 3.49. The number of benzene rings is 2. The Kier molecular flexibility index (Phi) is 4.83. The smallest absolute Gasteiger partial charge is 0.279 e. The van der Waals surface area contributed by atoms with Crippen molar-refractivity contribution in [1.29, 1.82) is 0 Å². The van der Waals surface area contributed by atoms with Gasteiger partial charge in [0.25, 0.3) is 5.91 Å². The third-order valence-electron chi connectivity index (χ3n) is 5.92. The van der Waals surface area contributed by atoms with Crippen molar-refractivity contribution in [3.63, 3.8) is 0 Å². The lowest BCUT2D eigenvalue weighted by molar-refractivity contribution is 0.0975. The van der Waals surface area contributed by atoms with Gasteiger partial charge in [0.1, 0.15) is 0 Å². The molecule has 0 saturated carbocycles. The topological polar surface area (TPSA) is 61.4 Å². The molecule has 1 amide bonds. The molecule has 3 heterocycles. The number of nitrogens with one attached hydrogen (secondary N) is 1. The van der Waals surface area contributed by atoms with Crippen molar-refractivity contribution in [3.05, 3.63) is 71.9 Å². The molecule has 6 nitrogen and oxygen atoms in total. The fourth-order valence-electron chi connectivity index (χ4n) is 4.39. The summed E-state index contributed by atoms with van der Waals surface area (Å²) in [6.45, 7) is 4.33. The highest BCUT2D eigenvalue weighted by Crippen LogP contribution is 2.32. The first kappa shape index (κ1) is 18.6. The van der Waals surface area contributed by atoms with Crippen LogP contribution >= 0.6 is 0 Å². The van der Waals surface area contributed by atoms with E-state index in [1.165, 1.54) is 24.1 Å². The van der Waals surface area contributed by atoms with Crippen LogP contribution in [0.15, 0.2) is 60.7 Å². The lowest BCUT2D eigenvalue weighted by atomic mass is 10.1. The molecule has 30 heavy (non-hydrogen) atoms. The molecule has 3 aromatic rings. The average Bonchev–Trinajstić information content (AvgIpc) is 3.42. The molecule has 0 bridgehead atoms. The zero-order valence-corrected chi connectivity index (χ0v) is 17.1. The molecule has 1 N–H and O–H groups in total. The van der Waals surface area contributed by atoms with Crippen LogP contribution in [0.4, 0.5) is 22.9 Å². The predicted octanol–water partition coefficient (Wildman–Crippen LogP) is 4.41. The zero-order chi connectivity index (χ0) is 20.5. The van der Waals surface area contributed by atoms with Gasteiger partial charge in [-0.05, 0) is 74.2 Å². The second-order valence-corrected chi connectivity index (χ2v) is 8.03. The van der Waals surface area contributed by atoms with E-state index >= 15 is 0 Å². The summed E-state index contributed by atoms with van der Waals surface area (Å²) in [5.74, 6) is 0.511. The number of carbonyl (C=O) groups is 1. The molecule has 2 aliphatic heterocycles. The Hall–Kier alpha value is -3.41. The van der Waals surface area contributed by atoms with Gasteiger partial charge in [0.15, 0.2) is 11.5 Å². The van der Waals surface area contributed by atoms with Crippen molar-refractivity contribution < 1.29 is 4.79 Å². The van der Waals surface area contributed by atoms with Gasteiger partial charge in [-0.25, -0.2) is 0 Å². The fraction of sp³-hybridized carbons (Fsp3) is 0.292. The van der Waals surface area contributed by atoms with Crippen LogP contribution in [0.2, 0.25) is 0 Å². The highest BCUT2D eigenvalue weighted by atomic mass is 16.2. The van der Waals surface area contributed by atoms with Gasteiger partial charge in [-0.15, -0.1) is 10.2 Å². The SMILES string of the molecule is CC1Cc2ccccc2N1C(=O)c1ccc(Nc2ccc(N3CCCC3)cc2)nn1. The second kappa shape index (κ2) is 7.78. The molecule has 1 saturated heterocycles. The molecule has 1 unspecified atom stereocenters. The molecule has 2 aromatic carbocycles. The number of rotatable bonds is 4. The monoisotopic (exact) mass is 399 g/mol. The molecule has 0 spiro atoms. The van der Waals surface area contributed by atoms with Crippen LogP contribution in [-0.4, -0.2) is 35.2 Å². The molecule has 0 radical (unpaired) electrons. The Morgan fingerprint density at radius 3 is 2.47 bits per heavy atom. The molecule has 6 heteroatoms. The minimum atomic E-state index is -0.110. The normalized spacial score (nSPS) is 17.8. The summed E-state index contributed by atoms with van der Waals surface area (Å²) in [5, 5.41) is 11.7. The summed E-state index contributed by atoms with van der Waals surface area (Å²) in [6, 6.07) is 20.1. The maximum atomic E-state index is 13.1. The minimum absolute atomic E-state index is 0.110. The number of hydrogen-bond acceptors (Lipinski definition) is 5. The number of nitrogens with zero attached hydrogens (tertiary/aromatic N) is 4. The first-order valence-corrected chi connectivity index (χ1v) is 10.6. The van der Waals surface area contributed by atoms with Crippen molar-refractivity contribution in [2.75, 3.05) is 28.2 Å². The molecule has 152 valence electrons. The number of para-hydroxylation sites is 1. The number of fused-ring (bicyclic) bond motifs is 1. The largest absolute Gasteiger partial charge is 0.372 e. The van der Waals surface area contributed by atoms with Gasteiger partial charge in [0, 0.05) is 36.2 Å². The molecular formula is C24H25N5O. The quantitative estimate of drug-likeness (QED) is 0.704. The highest BCUT2D eigenvalue weighted by molar-refractivity contribution is 6.06. The van der Waals surface area contributed by atoms with E-state index in [9.17, 15) is 4.79 Å². The van der Waals surface area contributed by atoms with Crippen molar-refractivity contribution in [2.24, 2.45) is 0 Å². The Labute approximate surface area is 176 Å². The van der Waals surface area contributed by atoms with Gasteiger partial charge in [0.2, 0.25) is 0 Å². The Morgan fingerprint density at radius 1 is 0.967 bits per heavy atom. The lowest BCUT2D eigenvalue weighted by Crippen LogP contribution is -2.36. The summed E-state index contributed by atoms with van der Waals surface area (Å²) in [4.78, 5) is 17.3. The average molecular weight is 399 g/mol. The van der Waals surface area contributed by atoms with Gasteiger partial charge in [-0.1, -0.05) is 18.2 Å². The number of aromatic nitrogens is 2. The van der Waals surface area contributed by atoms with E-state index < -0.39 is 0 Å². The Bertz CT molecular complexity index is 1040. The third-order valence-corrected chi connectivity index (χ3v) is 5.92. The Balaban J connectivity index is 1.28. The minimum Gasteiger partial charge on any atom is -0.372 e. The first-order valence-electron chi connectivity index (χ1n) is 10.6. The molecule has 1 atom stereocenters. The van der Waals surface area contributed by atoms with E-state index in [0.29, 0.717) is 11.5 Å². The van der Waals surface area contributed by atoms with Crippen LogP contribution in [0.1, 0.15) is 35.8 Å². The van der Waals surface area contributed by atoms with Crippen molar-refractivity contribution in [3.8, 4) is 0 Å². The van der Waals surface area contributed by atoms with Gasteiger partial charge in [0.05, 0.1) is 0 Å². The van der Waals surface area contributed by atoms with Crippen LogP contribution in [0.3, 0.4) is 0 Å². The standard InChI is InChI=1S/C24H25N5O/c1-17-16-18-6-2-3-7-22(18)29(17)24(30)21-12-13-23(27-26-21)25-19-8-10-20(11-9-19)28-14-4-5-15-28/h2-3,6-13,17H,4-5,14-16H2,1H3,(H,25,27). The fourth-order valence-corrected chi connectivity index (χ4v) is 4.39. The molecule has 5 rings (SSSR count). The van der Waals surface area contributed by atoms with Crippen LogP contribution in [0, 0.1) is 0 Å². The highest BCUT2D eigenvalue weighted by Gasteiger charge is 2.32. The second-order valence-electron chi connectivity index (χ2n) is 8.03. The van der Waals surface area contributed by atoms with Crippen LogP contribution < -0.4 is 15.1 Å². The zero-order valence-electron chi connectivity index (χ0n) is 17.1. The maximum absolute atomic E-state index is 13.1. The summed E-state index contributed by atoms with van der Waals surface area (Å²) in [5.41, 5.74) is 4.73. The summed E-state index contributed by atoms with van der Waals surface area (Å²) < 4.78 is 0.